The molecule has 0 saturated carbocycles. The fourth-order valence-corrected chi connectivity index (χ4v) is 2.33. The monoisotopic (exact) mass is 363 g/mol. The molecule has 2 aromatic rings. The Kier molecular flexibility index (Phi) is 6.19. The van der Waals surface area contributed by atoms with E-state index in [2.05, 4.69) is 20.4 Å². The van der Waals surface area contributed by atoms with Crippen LogP contribution in [0.4, 0.5) is 10.5 Å². The normalized spacial score (nSPS) is 10.1. The number of hydrogen-bond acceptors (Lipinski definition) is 5. The van der Waals surface area contributed by atoms with Crippen LogP contribution in [0.1, 0.15) is 21.7 Å². The molecule has 2 amide bonds. The second kappa shape index (κ2) is 8.34. The summed E-state index contributed by atoms with van der Waals surface area (Å²) < 4.78 is 9.81. The zero-order valence-corrected chi connectivity index (χ0v) is 14.8. The molecule has 1 heterocycles. The molecule has 25 heavy (non-hydrogen) atoms. The Morgan fingerprint density at radius 3 is 2.64 bits per heavy atom. The van der Waals surface area contributed by atoms with Gasteiger partial charge in [-0.25, -0.2) is 9.59 Å². The molecule has 2 N–H and O–H groups in total. The van der Waals surface area contributed by atoms with Gasteiger partial charge in [-0.3, -0.25) is 4.98 Å². The van der Waals surface area contributed by atoms with E-state index in [9.17, 15) is 9.59 Å². The van der Waals surface area contributed by atoms with Gasteiger partial charge in [-0.2, -0.15) is 0 Å². The largest absolute Gasteiger partial charge is 0.496 e. The highest BCUT2D eigenvalue weighted by Gasteiger charge is 2.17. The third kappa shape index (κ3) is 4.84. The van der Waals surface area contributed by atoms with Gasteiger partial charge in [-0.05, 0) is 25.1 Å². The zero-order chi connectivity index (χ0) is 18.4. The van der Waals surface area contributed by atoms with Crippen LogP contribution >= 0.6 is 11.6 Å². The number of carbonyl (C=O) groups excluding carboxylic acids is 2. The first kappa shape index (κ1) is 18.5. The number of pyridine rings is 1. The van der Waals surface area contributed by atoms with Crippen molar-refractivity contribution in [1.29, 1.82) is 0 Å². The lowest BCUT2D eigenvalue weighted by molar-refractivity contribution is 0.0597. The van der Waals surface area contributed by atoms with E-state index >= 15 is 0 Å². The van der Waals surface area contributed by atoms with Crippen molar-refractivity contribution in [3.63, 3.8) is 0 Å². The van der Waals surface area contributed by atoms with Crippen LogP contribution in [0.15, 0.2) is 30.3 Å². The van der Waals surface area contributed by atoms with Crippen molar-refractivity contribution in [2.75, 3.05) is 19.5 Å². The molecule has 0 spiro atoms. The molecular weight excluding hydrogens is 346 g/mol. The molecule has 0 saturated heterocycles. The van der Waals surface area contributed by atoms with Crippen molar-refractivity contribution >= 4 is 29.3 Å². The molecule has 8 heteroatoms. The lowest BCUT2D eigenvalue weighted by atomic mass is 10.2. The number of esters is 1. The summed E-state index contributed by atoms with van der Waals surface area (Å²) in [7, 11) is 2.66. The van der Waals surface area contributed by atoms with E-state index < -0.39 is 12.0 Å². The number of anilines is 1. The van der Waals surface area contributed by atoms with Crippen LogP contribution in [0.5, 0.6) is 5.75 Å². The molecule has 0 radical (unpaired) electrons. The highest BCUT2D eigenvalue weighted by molar-refractivity contribution is 6.34. The summed E-state index contributed by atoms with van der Waals surface area (Å²) in [5.41, 5.74) is 2.08. The number of carbonyl (C=O) groups is 2. The van der Waals surface area contributed by atoms with E-state index in [1.165, 1.54) is 26.4 Å². The average molecular weight is 364 g/mol. The Morgan fingerprint density at radius 1 is 1.24 bits per heavy atom. The van der Waals surface area contributed by atoms with Gasteiger partial charge in [0.25, 0.3) is 0 Å². The fourth-order valence-electron chi connectivity index (χ4n) is 2.12. The summed E-state index contributed by atoms with van der Waals surface area (Å²) in [5.74, 6) is -0.341. The molecule has 132 valence electrons. The number of aromatic nitrogens is 1. The van der Waals surface area contributed by atoms with Gasteiger partial charge >= 0.3 is 12.0 Å². The molecule has 0 atom stereocenters. The third-order valence-corrected chi connectivity index (χ3v) is 3.63. The fraction of sp³-hybridized carbons (Fsp3) is 0.235. The van der Waals surface area contributed by atoms with Crippen LogP contribution < -0.4 is 15.4 Å². The summed E-state index contributed by atoms with van der Waals surface area (Å²) in [6.07, 6.45) is 0. The Bertz CT molecular complexity index is 795. The molecule has 0 bridgehead atoms. The Labute approximate surface area is 150 Å². The van der Waals surface area contributed by atoms with Crippen molar-refractivity contribution in [3.8, 4) is 5.75 Å². The quantitative estimate of drug-likeness (QED) is 0.796. The van der Waals surface area contributed by atoms with Crippen molar-refractivity contribution in [2.24, 2.45) is 0 Å². The summed E-state index contributed by atoms with van der Waals surface area (Å²) in [6, 6.07) is 7.93. The Balaban J connectivity index is 2.08. The van der Waals surface area contributed by atoms with E-state index in [0.717, 1.165) is 11.4 Å². The predicted molar refractivity (Wildman–Crippen MR) is 94.2 cm³/mol. The van der Waals surface area contributed by atoms with Gasteiger partial charge in [0.05, 0.1) is 37.2 Å². The summed E-state index contributed by atoms with van der Waals surface area (Å²) in [5, 5.41) is 5.48. The average Bonchev–Trinajstić information content (AvgIpc) is 2.60. The van der Waals surface area contributed by atoms with Gasteiger partial charge < -0.3 is 20.1 Å². The second-order valence-corrected chi connectivity index (χ2v) is 5.51. The minimum absolute atomic E-state index is 0.171. The second-order valence-electron chi connectivity index (χ2n) is 5.10. The zero-order valence-electron chi connectivity index (χ0n) is 14.1. The minimum Gasteiger partial charge on any atom is -0.496 e. The number of nitrogens with one attached hydrogen (secondary N) is 2. The van der Waals surface area contributed by atoms with Crippen molar-refractivity contribution in [3.05, 3.63) is 52.3 Å². The summed E-state index contributed by atoms with van der Waals surface area (Å²) >= 11 is 6.12. The molecule has 0 aliphatic carbocycles. The number of aryl methyl sites for hydroxylation is 1. The van der Waals surface area contributed by atoms with E-state index in [-0.39, 0.29) is 22.9 Å². The number of hydrogen-bond donors (Lipinski definition) is 2. The van der Waals surface area contributed by atoms with Crippen molar-refractivity contribution in [1.82, 2.24) is 10.3 Å². The predicted octanol–water partition coefficient (Wildman–Crippen LogP) is 3.16. The smallest absolute Gasteiger partial charge is 0.341 e. The number of nitrogens with zero attached hydrogens (tertiary/aromatic N) is 1. The van der Waals surface area contributed by atoms with Crippen LogP contribution in [-0.2, 0) is 11.3 Å². The lowest BCUT2D eigenvalue weighted by Gasteiger charge is -2.13. The number of rotatable bonds is 5. The SMILES string of the molecule is COC(=O)c1cc(Cl)c(NC(=O)NCc2cccc(C)n2)cc1OC. The minimum atomic E-state index is -0.583. The lowest BCUT2D eigenvalue weighted by Crippen LogP contribution is -2.28. The molecule has 0 aliphatic rings. The Hall–Kier alpha value is -2.80. The molecule has 1 aromatic heterocycles. The first-order valence-corrected chi connectivity index (χ1v) is 7.75. The first-order valence-electron chi connectivity index (χ1n) is 7.38. The van der Waals surface area contributed by atoms with Crippen LogP contribution in [0, 0.1) is 6.92 Å². The van der Waals surface area contributed by atoms with Gasteiger partial charge in [-0.1, -0.05) is 17.7 Å². The maximum absolute atomic E-state index is 12.1. The maximum atomic E-state index is 12.1. The first-order chi connectivity index (χ1) is 11.9. The molecule has 0 fully saturated rings. The number of halogens is 1. The third-order valence-electron chi connectivity index (χ3n) is 3.32. The van der Waals surface area contributed by atoms with E-state index in [4.69, 9.17) is 16.3 Å². The number of methoxy groups -OCH3 is 2. The standard InChI is InChI=1S/C17H18ClN3O4/c1-10-5-4-6-11(20-10)9-19-17(23)21-14-8-15(24-2)12(7-13(14)18)16(22)25-3/h4-8H,9H2,1-3H3,(H2,19,21,23). The number of ether oxygens (including phenoxy) is 2. The highest BCUT2D eigenvalue weighted by Crippen LogP contribution is 2.31. The van der Waals surface area contributed by atoms with Crippen molar-refractivity contribution < 1.29 is 19.1 Å². The molecule has 0 unspecified atom stereocenters. The van der Waals surface area contributed by atoms with Gasteiger partial charge in [0, 0.05) is 11.8 Å². The van der Waals surface area contributed by atoms with E-state index in [1.54, 1.807) is 0 Å². The molecule has 7 nitrogen and oxygen atoms in total. The van der Waals surface area contributed by atoms with E-state index in [0.29, 0.717) is 5.69 Å². The van der Waals surface area contributed by atoms with Crippen LogP contribution in [-0.4, -0.2) is 31.2 Å². The van der Waals surface area contributed by atoms with Crippen molar-refractivity contribution in [2.45, 2.75) is 13.5 Å². The van der Waals surface area contributed by atoms with Crippen LogP contribution in [0.2, 0.25) is 5.02 Å². The van der Waals surface area contributed by atoms with Gasteiger partial charge in [0.15, 0.2) is 0 Å². The topological polar surface area (TPSA) is 89.5 Å². The maximum Gasteiger partial charge on any atom is 0.341 e. The highest BCUT2D eigenvalue weighted by atomic mass is 35.5. The van der Waals surface area contributed by atoms with Gasteiger partial charge in [-0.15, -0.1) is 0 Å². The van der Waals surface area contributed by atoms with Gasteiger partial charge in [0.1, 0.15) is 11.3 Å². The molecule has 1 aromatic carbocycles. The number of urea groups is 1. The molecule has 2 rings (SSSR count). The number of benzene rings is 1. The van der Waals surface area contributed by atoms with Crippen LogP contribution in [0.25, 0.3) is 0 Å². The molecule has 0 aliphatic heterocycles. The van der Waals surface area contributed by atoms with E-state index in [1.807, 2.05) is 25.1 Å². The summed E-state index contributed by atoms with van der Waals surface area (Å²) in [4.78, 5) is 28.1. The Morgan fingerprint density at radius 2 is 2.00 bits per heavy atom. The number of amides is 2. The van der Waals surface area contributed by atoms with Crippen LogP contribution in [0.3, 0.4) is 0 Å². The summed E-state index contributed by atoms with van der Waals surface area (Å²) in [6.45, 7) is 2.14. The van der Waals surface area contributed by atoms with Gasteiger partial charge in [0.2, 0.25) is 0 Å². The molecular formula is C17H18ClN3O4.